The second-order valence-corrected chi connectivity index (χ2v) is 9.12. The number of aliphatic imine (C=N–C) groups is 1. The molecule has 1 aromatic carbocycles. The lowest BCUT2D eigenvalue weighted by Crippen LogP contribution is -2.28. The molecule has 35 heavy (non-hydrogen) atoms. The van der Waals surface area contributed by atoms with Crippen LogP contribution in [0.15, 0.2) is 23.2 Å². The van der Waals surface area contributed by atoms with Gasteiger partial charge in [-0.05, 0) is 59.3 Å². The molecule has 0 radical (unpaired) electrons. The van der Waals surface area contributed by atoms with E-state index in [-0.39, 0.29) is 11.7 Å². The molecule has 9 nitrogen and oxygen atoms in total. The van der Waals surface area contributed by atoms with Gasteiger partial charge in [0, 0.05) is 18.8 Å². The van der Waals surface area contributed by atoms with Crippen LogP contribution in [0, 0.1) is 11.2 Å². The smallest absolute Gasteiger partial charge is 0.280 e. The molecule has 2 aromatic rings. The summed E-state index contributed by atoms with van der Waals surface area (Å²) in [4.78, 5) is 21.6. The molecule has 11 heteroatoms. The van der Waals surface area contributed by atoms with E-state index in [1.165, 1.54) is 18.2 Å². The second kappa shape index (κ2) is 15.9. The molecule has 0 bridgehead atoms. The Morgan fingerprint density at radius 1 is 1.46 bits per heavy atom. The fourth-order valence-corrected chi connectivity index (χ4v) is 3.60. The molecular weight excluding hydrogens is 471 g/mol. The topological polar surface area (TPSA) is 137 Å². The fraction of sp³-hybridized carbons (Fsp3) is 0.500. The number of carbonyl (C=O) groups excluding carboxylic acids is 1. The number of anilines is 1. The Morgan fingerprint density at radius 2 is 2.17 bits per heavy atom. The molecule has 0 saturated heterocycles. The number of nitrogens with zero attached hydrogens (tertiary/aromatic N) is 3. The summed E-state index contributed by atoms with van der Waals surface area (Å²) in [6.45, 7) is 8.72. The summed E-state index contributed by atoms with van der Waals surface area (Å²) in [5.41, 5.74) is 6.42. The van der Waals surface area contributed by atoms with Crippen molar-refractivity contribution in [2.45, 2.75) is 51.7 Å². The number of aliphatic hydroxyl groups excluding tert-OH is 1. The summed E-state index contributed by atoms with van der Waals surface area (Å²) < 4.78 is 18.5. The minimum absolute atomic E-state index is 0.225. The molecule has 2 atom stereocenters. The number of aliphatic hydroxyl groups is 1. The number of hydrogen-bond donors (Lipinski definition) is 4. The first-order chi connectivity index (χ1) is 16.6. The highest BCUT2D eigenvalue weighted by Crippen LogP contribution is 2.26. The highest BCUT2D eigenvalue weighted by Gasteiger charge is 2.17. The number of hydrogen-bond acceptors (Lipinski definition) is 9. The molecule has 1 heterocycles. The quantitative estimate of drug-likeness (QED) is 0.184. The Hall–Kier alpha value is -2.89. The molecule has 2 rings (SSSR count). The molecule has 0 aliphatic heterocycles. The number of aromatic nitrogens is 1. The third-order valence-electron chi connectivity index (χ3n) is 4.86. The third kappa shape index (κ3) is 10.9. The maximum atomic E-state index is 13.0. The zero-order valence-electron chi connectivity index (χ0n) is 20.9. The number of carbonyl (C=O) groups is 1. The first-order valence-electron chi connectivity index (χ1n) is 11.4. The summed E-state index contributed by atoms with van der Waals surface area (Å²) >= 11 is 1.14. The molecule has 0 aliphatic rings. The fourth-order valence-electron chi connectivity index (χ4n) is 2.84. The Morgan fingerprint density at radius 3 is 2.74 bits per heavy atom. The number of halogens is 1. The standard InChI is InChI=1S/C13H20FNO2.C11H17N5OS/c1-3-4-5-12(16)9(2)17-13-8-10(14)6-7-11(13)15;1-13-10-8(7-12)15-11(18-10)9(17)14-5-4-6-16(2)3/h6-9,12,16H,3-5,15H2,1-2H3;7,12H,1,4-6H2,2-3H3,(H,14,17)/t9?,12-;/m0./s1. The van der Waals surface area contributed by atoms with E-state index >= 15 is 0 Å². The van der Waals surface area contributed by atoms with Gasteiger partial charge in [-0.15, -0.1) is 0 Å². The van der Waals surface area contributed by atoms with Crippen molar-refractivity contribution in [2.75, 3.05) is 32.9 Å². The number of amides is 1. The van der Waals surface area contributed by atoms with E-state index in [2.05, 4.69) is 33.8 Å². The normalized spacial score (nSPS) is 12.3. The summed E-state index contributed by atoms with van der Waals surface area (Å²) in [5, 5.41) is 20.6. The minimum Gasteiger partial charge on any atom is -0.486 e. The summed E-state index contributed by atoms with van der Waals surface area (Å²) in [5.74, 6) is -0.339. The van der Waals surface area contributed by atoms with Gasteiger partial charge in [-0.2, -0.15) is 0 Å². The number of nitrogen functional groups attached to an aromatic ring is 1. The molecule has 194 valence electrons. The molecule has 0 aliphatic carbocycles. The van der Waals surface area contributed by atoms with E-state index < -0.39 is 18.0 Å². The average molecular weight is 509 g/mol. The van der Waals surface area contributed by atoms with Gasteiger partial charge in [0.25, 0.3) is 5.91 Å². The van der Waals surface area contributed by atoms with Crippen LogP contribution in [0.2, 0.25) is 0 Å². The van der Waals surface area contributed by atoms with E-state index in [9.17, 15) is 14.3 Å². The second-order valence-electron chi connectivity index (χ2n) is 8.14. The molecule has 5 N–H and O–H groups in total. The van der Waals surface area contributed by atoms with Crippen LogP contribution < -0.4 is 15.8 Å². The molecule has 1 amide bonds. The molecule has 1 aromatic heterocycles. The number of nitrogens with one attached hydrogen (secondary N) is 2. The Labute approximate surface area is 210 Å². The lowest BCUT2D eigenvalue weighted by molar-refractivity contribution is 0.0406. The largest absolute Gasteiger partial charge is 0.486 e. The van der Waals surface area contributed by atoms with Crippen molar-refractivity contribution in [3.63, 3.8) is 0 Å². The van der Waals surface area contributed by atoms with Crippen LogP contribution in [0.25, 0.3) is 0 Å². The Balaban J connectivity index is 0.000000351. The summed E-state index contributed by atoms with van der Waals surface area (Å²) in [6.07, 6.45) is 3.63. The monoisotopic (exact) mass is 508 g/mol. The van der Waals surface area contributed by atoms with Crippen LogP contribution in [0.4, 0.5) is 15.1 Å². The van der Waals surface area contributed by atoms with Gasteiger partial charge in [-0.25, -0.2) is 9.37 Å². The zero-order valence-corrected chi connectivity index (χ0v) is 21.7. The molecule has 0 spiro atoms. The lowest BCUT2D eigenvalue weighted by atomic mass is 10.1. The Bertz CT molecular complexity index is 928. The average Bonchev–Trinajstić information content (AvgIpc) is 3.26. The van der Waals surface area contributed by atoms with Gasteiger partial charge in [0.05, 0.1) is 11.8 Å². The van der Waals surface area contributed by atoms with E-state index in [4.69, 9.17) is 15.9 Å². The highest BCUT2D eigenvalue weighted by atomic mass is 32.1. The van der Waals surface area contributed by atoms with Gasteiger partial charge >= 0.3 is 0 Å². The number of rotatable bonds is 13. The van der Waals surface area contributed by atoms with Crippen molar-refractivity contribution < 1.29 is 19.0 Å². The summed E-state index contributed by atoms with van der Waals surface area (Å²) in [6, 6.07) is 3.97. The molecular formula is C24H37FN6O3S. The SMILES string of the molecule is C=Nc1sc(C(=O)NCCCN(C)C)nc1C=N.CCCC[C@H](O)C(C)Oc1cc(F)ccc1N. The van der Waals surface area contributed by atoms with Crippen molar-refractivity contribution in [3.8, 4) is 5.75 Å². The van der Waals surface area contributed by atoms with Crippen LogP contribution in [0.3, 0.4) is 0 Å². The van der Waals surface area contributed by atoms with Crippen LogP contribution in [-0.4, -0.2) is 73.2 Å². The number of nitrogens with two attached hydrogens (primary N) is 1. The van der Waals surface area contributed by atoms with Crippen LogP contribution in [0.1, 0.15) is 55.0 Å². The van der Waals surface area contributed by atoms with Crippen molar-refractivity contribution >= 4 is 40.9 Å². The van der Waals surface area contributed by atoms with Crippen molar-refractivity contribution in [2.24, 2.45) is 4.99 Å². The number of unbranched alkanes of at least 4 members (excludes halogenated alkanes) is 1. The highest BCUT2D eigenvalue weighted by molar-refractivity contribution is 7.17. The molecule has 0 saturated carbocycles. The van der Waals surface area contributed by atoms with E-state index in [0.717, 1.165) is 43.4 Å². The van der Waals surface area contributed by atoms with Gasteiger partial charge in [0.1, 0.15) is 28.4 Å². The number of benzene rings is 1. The van der Waals surface area contributed by atoms with Gasteiger partial charge < -0.3 is 31.2 Å². The van der Waals surface area contributed by atoms with Crippen molar-refractivity contribution in [1.29, 1.82) is 5.41 Å². The van der Waals surface area contributed by atoms with Gasteiger partial charge in [0.15, 0.2) is 5.01 Å². The van der Waals surface area contributed by atoms with E-state index in [1.54, 1.807) is 6.92 Å². The first-order valence-corrected chi connectivity index (χ1v) is 12.2. The predicted octanol–water partition coefficient (Wildman–Crippen LogP) is 3.88. The van der Waals surface area contributed by atoms with Crippen LogP contribution in [-0.2, 0) is 0 Å². The zero-order chi connectivity index (χ0) is 26.4. The maximum absolute atomic E-state index is 13.0. The Kier molecular flexibility index (Phi) is 13.7. The van der Waals surface area contributed by atoms with Crippen molar-refractivity contribution in [1.82, 2.24) is 15.2 Å². The lowest BCUT2D eigenvalue weighted by Gasteiger charge is -2.21. The number of thiazole rings is 1. The molecule has 0 fully saturated rings. The minimum atomic E-state index is -0.558. The first kappa shape index (κ1) is 30.1. The predicted molar refractivity (Wildman–Crippen MR) is 141 cm³/mol. The van der Waals surface area contributed by atoms with Gasteiger partial charge in [0.2, 0.25) is 0 Å². The number of ether oxygens (including phenoxy) is 1. The third-order valence-corrected chi connectivity index (χ3v) is 5.86. The van der Waals surface area contributed by atoms with Gasteiger partial charge in [-0.1, -0.05) is 31.1 Å². The maximum Gasteiger partial charge on any atom is 0.280 e. The van der Waals surface area contributed by atoms with Crippen molar-refractivity contribution in [3.05, 3.63) is 34.7 Å². The summed E-state index contributed by atoms with van der Waals surface area (Å²) in [7, 11) is 3.97. The van der Waals surface area contributed by atoms with Gasteiger partial charge in [-0.3, -0.25) is 9.79 Å². The van der Waals surface area contributed by atoms with Crippen LogP contribution >= 0.6 is 11.3 Å². The van der Waals surface area contributed by atoms with Crippen LogP contribution in [0.5, 0.6) is 5.75 Å². The van der Waals surface area contributed by atoms with E-state index in [0.29, 0.717) is 34.4 Å². The van der Waals surface area contributed by atoms with E-state index in [1.807, 2.05) is 14.1 Å². The molecule has 1 unspecified atom stereocenters.